The van der Waals surface area contributed by atoms with Gasteiger partial charge in [0, 0.05) is 25.1 Å². The molecule has 0 radical (unpaired) electrons. The lowest BCUT2D eigenvalue weighted by Gasteiger charge is -2.05. The maximum atomic E-state index is 5.59. The number of rotatable bonds is 3. The van der Waals surface area contributed by atoms with Gasteiger partial charge in [0.1, 0.15) is 0 Å². The molecule has 0 saturated heterocycles. The summed E-state index contributed by atoms with van der Waals surface area (Å²) >= 11 is 0. The molecule has 2 N–H and O–H groups in total. The largest absolute Gasteiger partial charge is 0.325 e. The maximum Gasteiger partial charge on any atom is 0.0677 e. The summed E-state index contributed by atoms with van der Waals surface area (Å²) < 4.78 is 1.86. The molecule has 0 aromatic carbocycles. The second-order valence-corrected chi connectivity index (χ2v) is 3.02. The first-order valence-corrected chi connectivity index (χ1v) is 4.50. The monoisotopic (exact) mass is 188 g/mol. The van der Waals surface area contributed by atoms with Crippen LogP contribution in [-0.2, 0) is 13.1 Å². The zero-order valence-electron chi connectivity index (χ0n) is 7.80. The maximum absolute atomic E-state index is 5.59. The van der Waals surface area contributed by atoms with E-state index in [1.54, 1.807) is 12.4 Å². The minimum atomic E-state index is 0.470. The molecule has 2 aromatic heterocycles. The third-order valence-corrected chi connectivity index (χ3v) is 2.07. The van der Waals surface area contributed by atoms with Crippen molar-refractivity contribution in [3.05, 3.63) is 48.0 Å². The molecule has 0 aliphatic carbocycles. The minimum Gasteiger partial charge on any atom is -0.325 e. The smallest absolute Gasteiger partial charge is 0.0677 e. The van der Waals surface area contributed by atoms with Gasteiger partial charge in [-0.3, -0.25) is 9.67 Å². The van der Waals surface area contributed by atoms with Crippen LogP contribution in [0.5, 0.6) is 0 Å². The van der Waals surface area contributed by atoms with E-state index in [1.807, 2.05) is 29.1 Å². The summed E-state index contributed by atoms with van der Waals surface area (Å²) in [6.45, 7) is 1.20. The highest BCUT2D eigenvalue weighted by atomic mass is 15.3. The summed E-state index contributed by atoms with van der Waals surface area (Å²) in [6.07, 6.45) is 5.45. The van der Waals surface area contributed by atoms with Crippen LogP contribution in [0.1, 0.15) is 11.3 Å². The Morgan fingerprint density at radius 1 is 1.29 bits per heavy atom. The lowest BCUT2D eigenvalue weighted by atomic mass is 10.2. The molecule has 4 heteroatoms. The summed E-state index contributed by atoms with van der Waals surface area (Å²) in [5, 5.41) is 4.14. The highest BCUT2D eigenvalue weighted by Crippen LogP contribution is 2.06. The van der Waals surface area contributed by atoms with Crippen molar-refractivity contribution in [2.45, 2.75) is 13.1 Å². The molecular formula is C10H12N4. The van der Waals surface area contributed by atoms with Crippen molar-refractivity contribution < 1.29 is 0 Å². The van der Waals surface area contributed by atoms with Gasteiger partial charge in [0.15, 0.2) is 0 Å². The van der Waals surface area contributed by atoms with E-state index < -0.39 is 0 Å². The van der Waals surface area contributed by atoms with Gasteiger partial charge in [-0.2, -0.15) is 5.10 Å². The SMILES string of the molecule is NCc1ncccc1Cn1cccn1. The van der Waals surface area contributed by atoms with E-state index in [2.05, 4.69) is 10.1 Å². The average molecular weight is 188 g/mol. The van der Waals surface area contributed by atoms with Crippen LogP contribution in [0.3, 0.4) is 0 Å². The van der Waals surface area contributed by atoms with Gasteiger partial charge >= 0.3 is 0 Å². The van der Waals surface area contributed by atoms with Crippen molar-refractivity contribution in [2.24, 2.45) is 5.73 Å². The molecule has 0 fully saturated rings. The van der Waals surface area contributed by atoms with Gasteiger partial charge < -0.3 is 5.73 Å². The first-order valence-electron chi connectivity index (χ1n) is 4.50. The molecule has 14 heavy (non-hydrogen) atoms. The highest BCUT2D eigenvalue weighted by molar-refractivity contribution is 5.19. The molecular weight excluding hydrogens is 176 g/mol. The van der Waals surface area contributed by atoms with E-state index >= 15 is 0 Å². The predicted molar refractivity (Wildman–Crippen MR) is 53.5 cm³/mol. The lowest BCUT2D eigenvalue weighted by Crippen LogP contribution is -2.08. The van der Waals surface area contributed by atoms with Gasteiger partial charge in [0.2, 0.25) is 0 Å². The molecule has 2 aromatic rings. The van der Waals surface area contributed by atoms with E-state index in [1.165, 1.54) is 0 Å². The first kappa shape index (κ1) is 8.90. The normalized spacial score (nSPS) is 10.4. The van der Waals surface area contributed by atoms with E-state index in [9.17, 15) is 0 Å². The Labute approximate surface area is 82.4 Å². The second-order valence-electron chi connectivity index (χ2n) is 3.02. The topological polar surface area (TPSA) is 56.7 Å². The third kappa shape index (κ3) is 1.80. The fourth-order valence-corrected chi connectivity index (χ4v) is 1.37. The molecule has 0 aliphatic heterocycles. The van der Waals surface area contributed by atoms with Gasteiger partial charge in [-0.1, -0.05) is 6.07 Å². The van der Waals surface area contributed by atoms with E-state index in [-0.39, 0.29) is 0 Å². The number of hydrogen-bond donors (Lipinski definition) is 1. The van der Waals surface area contributed by atoms with Gasteiger partial charge in [0.25, 0.3) is 0 Å². The summed E-state index contributed by atoms with van der Waals surface area (Å²) in [4.78, 5) is 4.21. The van der Waals surface area contributed by atoms with Crippen LogP contribution in [0.2, 0.25) is 0 Å². The Bertz CT molecular complexity index is 394. The van der Waals surface area contributed by atoms with E-state index in [0.29, 0.717) is 6.54 Å². The molecule has 4 nitrogen and oxygen atoms in total. The van der Waals surface area contributed by atoms with Crippen LogP contribution >= 0.6 is 0 Å². The molecule has 72 valence electrons. The summed E-state index contributed by atoms with van der Waals surface area (Å²) in [5.74, 6) is 0. The first-order chi connectivity index (χ1) is 6.90. The molecule has 2 rings (SSSR count). The second kappa shape index (κ2) is 4.02. The number of nitrogens with zero attached hydrogens (tertiary/aromatic N) is 3. The van der Waals surface area contributed by atoms with Gasteiger partial charge in [-0.15, -0.1) is 0 Å². The minimum absolute atomic E-state index is 0.470. The summed E-state index contributed by atoms with van der Waals surface area (Å²) in [7, 11) is 0. The van der Waals surface area contributed by atoms with Crippen molar-refractivity contribution in [3.63, 3.8) is 0 Å². The zero-order chi connectivity index (χ0) is 9.80. The van der Waals surface area contributed by atoms with E-state index in [0.717, 1.165) is 17.8 Å². The molecule has 0 unspecified atom stereocenters. The predicted octanol–water partition coefficient (Wildman–Crippen LogP) is 0.785. The molecule has 2 heterocycles. The van der Waals surface area contributed by atoms with Gasteiger partial charge in [-0.25, -0.2) is 0 Å². The zero-order valence-corrected chi connectivity index (χ0v) is 7.80. The molecule has 0 atom stereocenters. The molecule has 0 saturated carbocycles. The Morgan fingerprint density at radius 2 is 2.21 bits per heavy atom. The van der Waals surface area contributed by atoms with Gasteiger partial charge in [0.05, 0.1) is 12.2 Å². The number of aromatic nitrogens is 3. The van der Waals surface area contributed by atoms with Gasteiger partial charge in [-0.05, 0) is 17.7 Å². The lowest BCUT2D eigenvalue weighted by molar-refractivity contribution is 0.676. The van der Waals surface area contributed by atoms with Crippen LogP contribution in [-0.4, -0.2) is 14.8 Å². The van der Waals surface area contributed by atoms with E-state index in [4.69, 9.17) is 5.73 Å². The summed E-state index contributed by atoms with van der Waals surface area (Å²) in [5.41, 5.74) is 7.64. The van der Waals surface area contributed by atoms with Crippen molar-refractivity contribution in [1.29, 1.82) is 0 Å². The highest BCUT2D eigenvalue weighted by Gasteiger charge is 2.01. The van der Waals surface area contributed by atoms with Crippen molar-refractivity contribution in [1.82, 2.24) is 14.8 Å². The van der Waals surface area contributed by atoms with Crippen molar-refractivity contribution in [2.75, 3.05) is 0 Å². The number of hydrogen-bond acceptors (Lipinski definition) is 3. The molecule has 0 bridgehead atoms. The quantitative estimate of drug-likeness (QED) is 0.774. The van der Waals surface area contributed by atoms with Crippen LogP contribution < -0.4 is 5.73 Å². The Morgan fingerprint density at radius 3 is 2.93 bits per heavy atom. The summed E-state index contributed by atoms with van der Waals surface area (Å²) in [6, 6.07) is 5.84. The average Bonchev–Trinajstić information content (AvgIpc) is 2.71. The van der Waals surface area contributed by atoms with Crippen LogP contribution in [0.25, 0.3) is 0 Å². The third-order valence-electron chi connectivity index (χ3n) is 2.07. The van der Waals surface area contributed by atoms with Crippen LogP contribution in [0.4, 0.5) is 0 Å². The standard InChI is InChI=1S/C10H12N4/c11-7-10-9(3-1-4-12-10)8-14-6-2-5-13-14/h1-6H,7-8,11H2. The Hall–Kier alpha value is -1.68. The Balaban J connectivity index is 2.24. The fraction of sp³-hybridized carbons (Fsp3) is 0.200. The van der Waals surface area contributed by atoms with Crippen molar-refractivity contribution in [3.8, 4) is 0 Å². The molecule has 0 amide bonds. The van der Waals surface area contributed by atoms with Crippen LogP contribution in [0, 0.1) is 0 Å². The fourth-order valence-electron chi connectivity index (χ4n) is 1.37. The Kier molecular flexibility index (Phi) is 2.55. The molecule has 0 spiro atoms. The number of nitrogens with two attached hydrogens (primary N) is 1. The van der Waals surface area contributed by atoms with Crippen LogP contribution in [0.15, 0.2) is 36.8 Å². The number of pyridine rings is 1. The van der Waals surface area contributed by atoms with Crippen molar-refractivity contribution >= 4 is 0 Å². The molecule has 0 aliphatic rings.